The number of sulfonamides is 1. The number of nitrogens with one attached hydrogen (secondary N) is 1. The molecule has 0 bridgehead atoms. The number of aryl methyl sites for hydroxylation is 1. The zero-order valence-electron chi connectivity index (χ0n) is 11.3. The molecular formula is C11H18N4O3S. The quantitative estimate of drug-likeness (QED) is 0.852. The van der Waals surface area contributed by atoms with E-state index in [-0.39, 0.29) is 6.10 Å². The van der Waals surface area contributed by atoms with Crippen LogP contribution in [0.3, 0.4) is 0 Å². The van der Waals surface area contributed by atoms with Gasteiger partial charge in [-0.25, -0.2) is 18.4 Å². The van der Waals surface area contributed by atoms with Crippen molar-refractivity contribution >= 4 is 15.8 Å². The van der Waals surface area contributed by atoms with Crippen molar-refractivity contribution in [3.05, 3.63) is 17.6 Å². The predicted octanol–water partition coefficient (Wildman–Crippen LogP) is 0.160. The summed E-state index contributed by atoms with van der Waals surface area (Å²) in [4.78, 5) is 8.53. The molecule has 0 saturated carbocycles. The van der Waals surface area contributed by atoms with Gasteiger partial charge in [0.1, 0.15) is 17.7 Å². The summed E-state index contributed by atoms with van der Waals surface area (Å²) in [5.41, 5.74) is 0.699. The molecule has 1 unspecified atom stereocenters. The summed E-state index contributed by atoms with van der Waals surface area (Å²) in [5, 5.41) is 2.95. The van der Waals surface area contributed by atoms with Crippen molar-refractivity contribution in [2.75, 3.05) is 38.3 Å². The Hall–Kier alpha value is -1.25. The fourth-order valence-electron chi connectivity index (χ4n) is 1.99. The van der Waals surface area contributed by atoms with Crippen LogP contribution in [0.5, 0.6) is 0 Å². The Balaban J connectivity index is 2.24. The van der Waals surface area contributed by atoms with Gasteiger partial charge in [-0.3, -0.25) is 0 Å². The van der Waals surface area contributed by atoms with Gasteiger partial charge in [-0.15, -0.1) is 0 Å². The maximum absolute atomic E-state index is 11.6. The molecule has 1 saturated heterocycles. The molecule has 1 aromatic rings. The maximum Gasteiger partial charge on any atom is 0.211 e. The van der Waals surface area contributed by atoms with E-state index < -0.39 is 10.0 Å². The summed E-state index contributed by atoms with van der Waals surface area (Å²) >= 11 is 0. The van der Waals surface area contributed by atoms with E-state index in [2.05, 4.69) is 15.3 Å². The van der Waals surface area contributed by atoms with Crippen molar-refractivity contribution in [3.8, 4) is 0 Å². The molecule has 0 spiro atoms. The summed E-state index contributed by atoms with van der Waals surface area (Å²) in [6, 6.07) is 1.78. The molecule has 1 aromatic heterocycles. The van der Waals surface area contributed by atoms with Crippen LogP contribution in [0.4, 0.5) is 5.82 Å². The molecule has 1 aliphatic rings. The highest BCUT2D eigenvalue weighted by molar-refractivity contribution is 7.88. The van der Waals surface area contributed by atoms with E-state index in [1.807, 2.05) is 0 Å². The largest absolute Gasteiger partial charge is 0.373 e. The van der Waals surface area contributed by atoms with Crippen LogP contribution in [0.25, 0.3) is 0 Å². The van der Waals surface area contributed by atoms with Crippen molar-refractivity contribution in [2.45, 2.75) is 13.0 Å². The lowest BCUT2D eigenvalue weighted by Crippen LogP contribution is -2.41. The van der Waals surface area contributed by atoms with E-state index in [4.69, 9.17) is 4.74 Å². The molecule has 1 atom stereocenters. The van der Waals surface area contributed by atoms with Gasteiger partial charge in [0.15, 0.2) is 0 Å². The van der Waals surface area contributed by atoms with Crippen LogP contribution in [0, 0.1) is 6.92 Å². The highest BCUT2D eigenvalue weighted by atomic mass is 32.2. The third-order valence-corrected chi connectivity index (χ3v) is 4.21. The van der Waals surface area contributed by atoms with Crippen LogP contribution < -0.4 is 5.32 Å². The number of hydrogen-bond donors (Lipinski definition) is 1. The summed E-state index contributed by atoms with van der Waals surface area (Å²) in [6.45, 7) is 2.84. The molecule has 2 heterocycles. The van der Waals surface area contributed by atoms with Crippen LogP contribution >= 0.6 is 0 Å². The Bertz CT molecular complexity index is 561. The summed E-state index contributed by atoms with van der Waals surface area (Å²) < 4.78 is 30.2. The van der Waals surface area contributed by atoms with E-state index in [1.54, 1.807) is 20.0 Å². The summed E-state index contributed by atoms with van der Waals surface area (Å²) in [7, 11) is -1.42. The number of hydrogen-bond acceptors (Lipinski definition) is 6. The highest BCUT2D eigenvalue weighted by Crippen LogP contribution is 2.23. The summed E-state index contributed by atoms with van der Waals surface area (Å²) in [6.07, 6.45) is 0.858. The molecular weight excluding hydrogens is 268 g/mol. The standard InChI is InChI=1S/C11H18N4O3S/c1-8-13-9(6-11(12-2)14-8)10-7-15(4-5-18-10)19(3,16)17/h6,10H,4-5,7H2,1-3H3,(H,12,13,14). The van der Waals surface area contributed by atoms with Gasteiger partial charge in [0, 0.05) is 26.2 Å². The normalized spacial score (nSPS) is 21.3. The fraction of sp³-hybridized carbons (Fsp3) is 0.636. The first-order valence-corrected chi connectivity index (χ1v) is 7.85. The number of aromatic nitrogens is 2. The molecule has 2 rings (SSSR count). The van der Waals surface area contributed by atoms with Crippen molar-refractivity contribution in [3.63, 3.8) is 0 Å². The predicted molar refractivity (Wildman–Crippen MR) is 71.4 cm³/mol. The second-order valence-electron chi connectivity index (χ2n) is 4.46. The van der Waals surface area contributed by atoms with Gasteiger partial charge in [0.25, 0.3) is 0 Å². The molecule has 19 heavy (non-hydrogen) atoms. The average molecular weight is 286 g/mol. The molecule has 0 amide bonds. The number of rotatable bonds is 3. The van der Waals surface area contributed by atoms with E-state index >= 15 is 0 Å². The minimum absolute atomic E-state index is 0.290. The first kappa shape index (κ1) is 14.2. The third-order valence-electron chi connectivity index (χ3n) is 2.94. The van der Waals surface area contributed by atoms with Crippen LogP contribution in [0.1, 0.15) is 17.6 Å². The Kier molecular flexibility index (Phi) is 4.02. The average Bonchev–Trinajstić information content (AvgIpc) is 2.37. The number of morpholine rings is 1. The summed E-state index contributed by atoms with van der Waals surface area (Å²) in [5.74, 6) is 1.32. The molecule has 8 heteroatoms. The smallest absolute Gasteiger partial charge is 0.211 e. The molecule has 1 fully saturated rings. The minimum Gasteiger partial charge on any atom is -0.373 e. The van der Waals surface area contributed by atoms with Crippen molar-refractivity contribution < 1.29 is 13.2 Å². The first-order valence-electron chi connectivity index (χ1n) is 6.00. The Morgan fingerprint density at radius 2 is 2.21 bits per heavy atom. The second kappa shape index (κ2) is 5.40. The van der Waals surface area contributed by atoms with Crippen LogP contribution in [0.2, 0.25) is 0 Å². The van der Waals surface area contributed by atoms with Gasteiger partial charge < -0.3 is 10.1 Å². The molecule has 0 aliphatic carbocycles. The van der Waals surface area contributed by atoms with Gasteiger partial charge in [-0.05, 0) is 6.92 Å². The fourth-order valence-corrected chi connectivity index (χ4v) is 2.80. The maximum atomic E-state index is 11.6. The van der Waals surface area contributed by atoms with E-state index in [9.17, 15) is 8.42 Å². The van der Waals surface area contributed by atoms with Gasteiger partial charge in [0.2, 0.25) is 10.0 Å². The SMILES string of the molecule is CNc1cc(C2CN(S(C)(=O)=O)CCO2)nc(C)n1. The lowest BCUT2D eigenvalue weighted by atomic mass is 10.2. The molecule has 1 N–H and O–H groups in total. The van der Waals surface area contributed by atoms with E-state index in [1.165, 1.54) is 10.6 Å². The van der Waals surface area contributed by atoms with Gasteiger partial charge in [-0.2, -0.15) is 4.31 Å². The molecule has 1 aliphatic heterocycles. The van der Waals surface area contributed by atoms with Crippen molar-refractivity contribution in [1.29, 1.82) is 0 Å². The molecule has 106 valence electrons. The van der Waals surface area contributed by atoms with E-state index in [0.717, 1.165) is 0 Å². The van der Waals surface area contributed by atoms with E-state index in [0.29, 0.717) is 37.0 Å². The zero-order valence-corrected chi connectivity index (χ0v) is 12.1. The topological polar surface area (TPSA) is 84.4 Å². The number of ether oxygens (including phenoxy) is 1. The monoisotopic (exact) mass is 286 g/mol. The second-order valence-corrected chi connectivity index (χ2v) is 6.44. The van der Waals surface area contributed by atoms with Crippen molar-refractivity contribution in [2.24, 2.45) is 0 Å². The third kappa shape index (κ3) is 3.40. The highest BCUT2D eigenvalue weighted by Gasteiger charge is 2.28. The van der Waals surface area contributed by atoms with Gasteiger partial charge in [0.05, 0.1) is 18.6 Å². The van der Waals surface area contributed by atoms with Crippen LogP contribution in [0.15, 0.2) is 6.07 Å². The van der Waals surface area contributed by atoms with Crippen LogP contribution in [-0.4, -0.2) is 55.7 Å². The van der Waals surface area contributed by atoms with Crippen LogP contribution in [-0.2, 0) is 14.8 Å². The van der Waals surface area contributed by atoms with Crippen molar-refractivity contribution in [1.82, 2.24) is 14.3 Å². The minimum atomic E-state index is -3.20. The number of anilines is 1. The van der Waals surface area contributed by atoms with Gasteiger partial charge >= 0.3 is 0 Å². The first-order chi connectivity index (χ1) is 8.90. The zero-order chi connectivity index (χ0) is 14.0. The molecule has 0 aromatic carbocycles. The Labute approximate surface area is 113 Å². The number of nitrogens with zero attached hydrogens (tertiary/aromatic N) is 3. The lowest BCUT2D eigenvalue weighted by Gasteiger charge is -2.31. The lowest BCUT2D eigenvalue weighted by molar-refractivity contribution is -0.00484. The Morgan fingerprint density at radius 1 is 1.47 bits per heavy atom. The van der Waals surface area contributed by atoms with Gasteiger partial charge in [-0.1, -0.05) is 0 Å². The molecule has 0 radical (unpaired) electrons. The molecule has 7 nitrogen and oxygen atoms in total. The Morgan fingerprint density at radius 3 is 2.84 bits per heavy atom.